The Bertz CT molecular complexity index is 6070. The molecule has 0 radical (unpaired) electrons. The number of fused-ring (bicyclic) bond motifs is 18. The number of rotatable bonds is 5. The van der Waals surface area contributed by atoms with E-state index < -0.39 is 18.3 Å². The molecule has 16 bridgehead atoms. The molecule has 13 heteroatoms. The molecule has 0 N–H and O–H groups in total. The van der Waals surface area contributed by atoms with Gasteiger partial charge < -0.3 is 29.2 Å². The molecule has 11 heterocycles. The molecule has 16 rings (SSSR count). The van der Waals surface area contributed by atoms with Gasteiger partial charge in [-0.1, -0.05) is 221 Å². The van der Waals surface area contributed by atoms with Gasteiger partial charge in [-0.15, -0.1) is 44.1 Å². The van der Waals surface area contributed by atoms with Crippen LogP contribution in [0.1, 0.15) is 229 Å². The maximum absolute atomic E-state index is 7.06. The molecule has 5 aromatic carbocycles. The molecule has 11 aromatic rings. The second-order valence-corrected chi connectivity index (χ2v) is 35.8. The molecule has 0 amide bonds. The SMILES string of the molecule is CC1=C(C)c2cc3[n-]c(c(C)c3C)c(-c3cccc4cc5cccc(-c6c7nc(c(-c8cc(C(C)(C)C)cc(C(C)(C)C)c8)c8ccc([n-]8)c(B8OC(C)(C)C(C)(C)O8)c8nc(c(-c9cc(C(C)(C)C)cc(C(C)(C)C)c9)c9ccc6[n-]9)C=C8)C=C7)c5cc34)c3nc(cc4[n-]c(cc1n2)c(C)c4C)C(C)=C3C.[Zn+2].[Zn+2]. The van der Waals surface area contributed by atoms with Gasteiger partial charge in [-0.2, -0.15) is 0 Å². The normalized spacial score (nSPS) is 15.1. The van der Waals surface area contributed by atoms with Gasteiger partial charge in [-0.25, -0.2) is 19.9 Å². The Morgan fingerprint density at radius 1 is 0.339 bits per heavy atom. The van der Waals surface area contributed by atoms with Gasteiger partial charge in [0.2, 0.25) is 0 Å². The Hall–Kier alpha value is -8.95. The minimum absolute atomic E-state index is 0. The molecule has 0 unspecified atom stereocenters. The zero-order chi connectivity index (χ0) is 76.0. The van der Waals surface area contributed by atoms with Crippen LogP contribution in [0.3, 0.4) is 0 Å². The first-order valence-corrected chi connectivity index (χ1v) is 38.0. The van der Waals surface area contributed by atoms with E-state index in [9.17, 15) is 0 Å². The molecule has 10 nitrogen and oxygen atoms in total. The Morgan fingerprint density at radius 2 is 0.706 bits per heavy atom. The topological polar surface area (TPSA) is 126 Å². The van der Waals surface area contributed by atoms with Gasteiger partial charge in [0.1, 0.15) is 0 Å². The summed E-state index contributed by atoms with van der Waals surface area (Å²) < 4.78 is 14.1. The summed E-state index contributed by atoms with van der Waals surface area (Å²) in [6, 6.07) is 47.5. The van der Waals surface area contributed by atoms with Crippen molar-refractivity contribution in [3.8, 4) is 44.5 Å². The van der Waals surface area contributed by atoms with Gasteiger partial charge in [-0.3, -0.25) is 0 Å². The summed E-state index contributed by atoms with van der Waals surface area (Å²) in [7, 11) is -0.795. The van der Waals surface area contributed by atoms with Crippen molar-refractivity contribution in [1.29, 1.82) is 0 Å². The Labute approximate surface area is 669 Å². The van der Waals surface area contributed by atoms with Gasteiger partial charge >= 0.3 is 46.1 Å². The van der Waals surface area contributed by atoms with Crippen molar-refractivity contribution in [2.75, 3.05) is 0 Å². The first kappa shape index (κ1) is 76.8. The number of allylic oxidation sites excluding steroid dienone is 4. The van der Waals surface area contributed by atoms with Crippen molar-refractivity contribution in [2.45, 2.75) is 199 Å². The van der Waals surface area contributed by atoms with E-state index in [0.717, 1.165) is 195 Å². The summed E-state index contributed by atoms with van der Waals surface area (Å²) in [5, 5.41) is 4.28. The van der Waals surface area contributed by atoms with Crippen LogP contribution in [0, 0.1) is 27.7 Å². The van der Waals surface area contributed by atoms with Crippen LogP contribution in [0.4, 0.5) is 0 Å². The molecule has 0 atom stereocenters. The Morgan fingerprint density at radius 3 is 1.17 bits per heavy atom. The third-order valence-electron chi connectivity index (χ3n) is 24.0. The quantitative estimate of drug-likeness (QED) is 0.121. The number of aromatic nitrogens is 8. The van der Waals surface area contributed by atoms with E-state index in [1.54, 1.807) is 0 Å². The zero-order valence-electron chi connectivity index (χ0n) is 68.3. The Kier molecular flexibility index (Phi) is 19.0. The zero-order valence-corrected chi connectivity index (χ0v) is 74.3. The largest absolute Gasteiger partial charge is 2.00 e. The van der Waals surface area contributed by atoms with E-state index in [1.807, 2.05) is 0 Å². The molecular formula is C96H97BN8O2Zn2. The van der Waals surface area contributed by atoms with Crippen LogP contribution < -0.4 is 25.4 Å². The van der Waals surface area contributed by atoms with Crippen LogP contribution in [0.2, 0.25) is 0 Å². The molecule has 109 heavy (non-hydrogen) atoms. The van der Waals surface area contributed by atoms with E-state index in [2.05, 4.69) is 318 Å². The van der Waals surface area contributed by atoms with Crippen molar-refractivity contribution in [3.63, 3.8) is 0 Å². The molecule has 1 fully saturated rings. The molecule has 0 saturated carbocycles. The summed E-state index contributed by atoms with van der Waals surface area (Å²) in [4.78, 5) is 45.4. The van der Waals surface area contributed by atoms with E-state index in [4.69, 9.17) is 49.2 Å². The fourth-order valence-electron chi connectivity index (χ4n) is 15.7. The summed E-state index contributed by atoms with van der Waals surface area (Å²) in [5.41, 5.74) is 33.6. The molecular weight excluding hydrogens is 1440 g/mol. The summed E-state index contributed by atoms with van der Waals surface area (Å²) in [5.74, 6) is 0. The fraction of sp³-hybridized carbons (Fsp3) is 0.312. The van der Waals surface area contributed by atoms with Gasteiger partial charge in [-0.05, 0) is 257 Å². The van der Waals surface area contributed by atoms with Crippen LogP contribution in [-0.2, 0) is 69.9 Å². The average Bonchev–Trinajstić information content (AvgIpc) is 1.53. The predicted octanol–water partition coefficient (Wildman–Crippen LogP) is 23.4. The molecule has 6 aromatic heterocycles. The van der Waals surface area contributed by atoms with Gasteiger partial charge in [0, 0.05) is 0 Å². The fourth-order valence-corrected chi connectivity index (χ4v) is 15.7. The minimum atomic E-state index is -0.795. The standard InChI is InChI=1S/C96H97BN8O2.2Zn/c1-50-52(3)80-48-82-54(5)56(7)89(104-82)87(90-57(8)55(6)83(105-90)49-81-53(4)51(2)79(103-81)47-78(50)102-80)67-30-26-28-59-39-58-27-25-29-66(68(58)46-69(59)67)86-74-33-31-70(98-74)84(60-40-62(91(9,10)11)44-63(41-60)92(12,13)14)72-35-37-76(100-72)88(97-106-95(21,22)96(23,24)107-97)77-38-36-73(101-77)85(71-32-34-75(86)99-71)61-42-64(93(15,16)17)45-65(43-61)94(18,19)20;;/h25-49H,1-24H3;;/q-4;2*+2. The van der Waals surface area contributed by atoms with Crippen LogP contribution in [0.25, 0.3) is 157 Å². The monoisotopic (exact) mass is 1530 g/mol. The Balaban J connectivity index is 0.00000496. The molecule has 0 aliphatic carbocycles. The van der Waals surface area contributed by atoms with Crippen molar-refractivity contribution in [2.24, 2.45) is 0 Å². The van der Waals surface area contributed by atoms with Crippen molar-refractivity contribution < 1.29 is 48.3 Å². The van der Waals surface area contributed by atoms with Gasteiger partial charge in [0.15, 0.2) is 0 Å². The maximum atomic E-state index is 7.06. The van der Waals surface area contributed by atoms with Crippen LogP contribution >= 0.6 is 0 Å². The molecule has 5 aliphatic rings. The van der Waals surface area contributed by atoms with Crippen LogP contribution in [-0.4, -0.2) is 38.3 Å². The van der Waals surface area contributed by atoms with E-state index >= 15 is 0 Å². The minimum Gasteiger partial charge on any atom is -0.658 e. The first-order valence-electron chi connectivity index (χ1n) is 38.0. The van der Waals surface area contributed by atoms with Crippen LogP contribution in [0.5, 0.6) is 0 Å². The summed E-state index contributed by atoms with van der Waals surface area (Å²) in [6.45, 7) is 53.4. The average molecular weight is 1540 g/mol. The smallest absolute Gasteiger partial charge is 0.658 e. The number of hydrogen-bond donors (Lipinski definition) is 0. The number of aryl methyl sites for hydroxylation is 4. The van der Waals surface area contributed by atoms with E-state index in [-0.39, 0.29) is 60.6 Å². The second-order valence-electron chi connectivity index (χ2n) is 35.8. The summed E-state index contributed by atoms with van der Waals surface area (Å²) >= 11 is 0. The van der Waals surface area contributed by atoms with Gasteiger partial charge in [0.05, 0.1) is 56.8 Å². The van der Waals surface area contributed by atoms with Crippen molar-refractivity contribution >= 4 is 125 Å². The molecule has 540 valence electrons. The van der Waals surface area contributed by atoms with Crippen molar-refractivity contribution in [3.05, 3.63) is 217 Å². The first-order chi connectivity index (χ1) is 50.3. The third-order valence-corrected chi connectivity index (χ3v) is 24.0. The van der Waals surface area contributed by atoms with E-state index in [1.165, 1.54) is 22.3 Å². The van der Waals surface area contributed by atoms with E-state index in [0.29, 0.717) is 11.2 Å². The second kappa shape index (κ2) is 26.9. The number of hydrogen-bond acceptors (Lipinski definition) is 6. The number of nitrogens with zero attached hydrogens (tertiary/aromatic N) is 8. The predicted molar refractivity (Wildman–Crippen MR) is 452 cm³/mol. The van der Waals surface area contributed by atoms with Gasteiger partial charge in [0.25, 0.3) is 0 Å². The van der Waals surface area contributed by atoms with Crippen molar-refractivity contribution in [1.82, 2.24) is 39.9 Å². The van der Waals surface area contributed by atoms with Crippen LogP contribution in [0.15, 0.2) is 127 Å². The molecule has 1 saturated heterocycles. The summed E-state index contributed by atoms with van der Waals surface area (Å²) in [6.07, 6.45) is 8.65. The maximum Gasteiger partial charge on any atom is 2.00 e. The molecule has 0 spiro atoms. The third kappa shape index (κ3) is 13.2. The molecule has 5 aliphatic heterocycles. The number of benzene rings is 5.